The Morgan fingerprint density at radius 3 is 2.83 bits per heavy atom. The van der Waals surface area contributed by atoms with E-state index in [0.29, 0.717) is 24.1 Å². The summed E-state index contributed by atoms with van der Waals surface area (Å²) >= 11 is 0. The minimum Gasteiger partial charge on any atom is -0.353 e. The highest BCUT2D eigenvalue weighted by Gasteiger charge is 2.44. The number of nitrogens with one attached hydrogen (secondary N) is 2. The molecule has 1 unspecified atom stereocenters. The molecule has 2 N–H and O–H groups in total. The molecule has 1 amide bonds. The molecule has 0 spiro atoms. The summed E-state index contributed by atoms with van der Waals surface area (Å²) in [5, 5.41) is 10.3. The van der Waals surface area contributed by atoms with Crippen molar-refractivity contribution in [3.05, 3.63) is 0 Å². The standard InChI is InChI=1S/C9H14N2O/c1-5(10)2-8-6-3-7(4-6)11-9(8)12/h6-8,10H,2-4H2,1H3,(H,11,12). The molecular formula is C9H14N2O. The molecular weight excluding hydrogens is 152 g/mol. The lowest BCUT2D eigenvalue weighted by molar-refractivity contribution is -0.135. The van der Waals surface area contributed by atoms with Crippen LogP contribution in [0.5, 0.6) is 0 Å². The molecule has 1 aliphatic carbocycles. The van der Waals surface area contributed by atoms with Crippen LogP contribution in [-0.4, -0.2) is 17.7 Å². The Morgan fingerprint density at radius 2 is 2.33 bits per heavy atom. The van der Waals surface area contributed by atoms with Gasteiger partial charge < -0.3 is 10.7 Å². The molecule has 3 aliphatic rings. The van der Waals surface area contributed by atoms with Gasteiger partial charge >= 0.3 is 0 Å². The first kappa shape index (κ1) is 7.77. The number of rotatable bonds is 2. The van der Waals surface area contributed by atoms with E-state index in [1.807, 2.05) is 0 Å². The molecule has 0 radical (unpaired) electrons. The second-order valence-electron chi connectivity index (χ2n) is 4.03. The molecule has 3 rings (SSSR count). The van der Waals surface area contributed by atoms with Crippen LogP contribution in [0.3, 0.4) is 0 Å². The largest absolute Gasteiger partial charge is 0.353 e. The third kappa shape index (κ3) is 1.13. The molecule has 1 atom stereocenters. The van der Waals surface area contributed by atoms with Crippen LogP contribution in [0, 0.1) is 17.2 Å². The Labute approximate surface area is 72.0 Å². The molecule has 2 heterocycles. The number of piperidine rings is 2. The molecule has 3 nitrogen and oxygen atoms in total. The van der Waals surface area contributed by atoms with Crippen LogP contribution in [0.1, 0.15) is 26.2 Å². The Morgan fingerprint density at radius 1 is 1.67 bits per heavy atom. The highest BCUT2D eigenvalue weighted by atomic mass is 16.2. The van der Waals surface area contributed by atoms with E-state index in [2.05, 4.69) is 5.32 Å². The summed E-state index contributed by atoms with van der Waals surface area (Å²) in [6.45, 7) is 1.78. The number of fused-ring (bicyclic) bond motifs is 2. The maximum Gasteiger partial charge on any atom is 0.223 e. The number of carbonyl (C=O) groups excluding carboxylic acids is 1. The predicted molar refractivity (Wildman–Crippen MR) is 46.2 cm³/mol. The van der Waals surface area contributed by atoms with Crippen molar-refractivity contribution < 1.29 is 4.79 Å². The lowest BCUT2D eigenvalue weighted by atomic mass is 9.67. The molecule has 0 aromatic rings. The van der Waals surface area contributed by atoms with Gasteiger partial charge in [0.1, 0.15) is 0 Å². The van der Waals surface area contributed by atoms with E-state index in [-0.39, 0.29) is 11.8 Å². The molecule has 66 valence electrons. The molecule has 3 fully saturated rings. The first-order valence-corrected chi connectivity index (χ1v) is 4.51. The van der Waals surface area contributed by atoms with Crippen molar-refractivity contribution >= 4 is 11.6 Å². The Kier molecular flexibility index (Phi) is 1.67. The van der Waals surface area contributed by atoms with E-state index in [0.717, 1.165) is 12.8 Å². The molecule has 0 aromatic heterocycles. The van der Waals surface area contributed by atoms with Crippen LogP contribution in [0.4, 0.5) is 0 Å². The molecule has 12 heavy (non-hydrogen) atoms. The fourth-order valence-corrected chi connectivity index (χ4v) is 2.22. The van der Waals surface area contributed by atoms with Crippen LogP contribution in [0.2, 0.25) is 0 Å². The zero-order valence-corrected chi connectivity index (χ0v) is 7.26. The van der Waals surface area contributed by atoms with Crippen molar-refractivity contribution in [1.82, 2.24) is 5.32 Å². The van der Waals surface area contributed by atoms with Gasteiger partial charge in [0.2, 0.25) is 5.91 Å². The van der Waals surface area contributed by atoms with E-state index < -0.39 is 0 Å². The van der Waals surface area contributed by atoms with Crippen molar-refractivity contribution in [3.63, 3.8) is 0 Å². The summed E-state index contributed by atoms with van der Waals surface area (Å²) in [4.78, 5) is 11.4. The van der Waals surface area contributed by atoms with Crippen molar-refractivity contribution in [1.29, 1.82) is 5.41 Å². The topological polar surface area (TPSA) is 53.0 Å². The van der Waals surface area contributed by atoms with Crippen LogP contribution in [0.25, 0.3) is 0 Å². The van der Waals surface area contributed by atoms with E-state index in [1.165, 1.54) is 0 Å². The van der Waals surface area contributed by atoms with E-state index in [9.17, 15) is 4.79 Å². The fourth-order valence-electron chi connectivity index (χ4n) is 2.22. The average Bonchev–Trinajstić information content (AvgIpc) is 1.89. The average molecular weight is 166 g/mol. The van der Waals surface area contributed by atoms with Crippen LogP contribution < -0.4 is 5.32 Å². The SMILES string of the molecule is CC(=N)CC1C(=O)NC2CC1C2. The minimum absolute atomic E-state index is 0.104. The summed E-state index contributed by atoms with van der Waals surface area (Å²) in [5.74, 6) is 0.852. The summed E-state index contributed by atoms with van der Waals surface area (Å²) in [6, 6.07) is 0.463. The van der Waals surface area contributed by atoms with Crippen LogP contribution >= 0.6 is 0 Å². The molecule has 3 heteroatoms. The third-order valence-corrected chi connectivity index (χ3v) is 2.95. The van der Waals surface area contributed by atoms with Crippen LogP contribution in [0.15, 0.2) is 0 Å². The van der Waals surface area contributed by atoms with Crippen molar-refractivity contribution in [2.24, 2.45) is 11.8 Å². The summed E-state index contributed by atoms with van der Waals surface area (Å²) in [5.41, 5.74) is 0.625. The van der Waals surface area contributed by atoms with Gasteiger partial charge in [0.15, 0.2) is 0 Å². The second-order valence-corrected chi connectivity index (χ2v) is 4.03. The molecule has 0 aromatic carbocycles. The first-order chi connectivity index (χ1) is 5.66. The van der Waals surface area contributed by atoms with Crippen LogP contribution in [-0.2, 0) is 4.79 Å². The van der Waals surface area contributed by atoms with E-state index >= 15 is 0 Å². The summed E-state index contributed by atoms with van der Waals surface area (Å²) in [7, 11) is 0. The van der Waals surface area contributed by atoms with Gasteiger partial charge in [-0.05, 0) is 32.1 Å². The maximum atomic E-state index is 11.4. The van der Waals surface area contributed by atoms with E-state index in [4.69, 9.17) is 5.41 Å². The van der Waals surface area contributed by atoms with Gasteiger partial charge in [0.25, 0.3) is 0 Å². The predicted octanol–water partition coefficient (Wildman–Crippen LogP) is 0.941. The summed E-state index contributed by atoms with van der Waals surface area (Å²) in [6.07, 6.45) is 2.94. The lowest BCUT2D eigenvalue weighted by Gasteiger charge is -2.46. The van der Waals surface area contributed by atoms with Gasteiger partial charge in [-0.25, -0.2) is 0 Å². The van der Waals surface area contributed by atoms with Crippen molar-refractivity contribution in [2.75, 3.05) is 0 Å². The van der Waals surface area contributed by atoms with Gasteiger partial charge in [-0.1, -0.05) is 0 Å². The second kappa shape index (κ2) is 2.57. The fraction of sp³-hybridized carbons (Fsp3) is 0.778. The van der Waals surface area contributed by atoms with Gasteiger partial charge in [0.05, 0.1) is 0 Å². The quantitative estimate of drug-likeness (QED) is 0.589. The Balaban J connectivity index is 2.02. The number of carbonyl (C=O) groups is 1. The maximum absolute atomic E-state index is 11.4. The minimum atomic E-state index is 0.104. The van der Waals surface area contributed by atoms with Gasteiger partial charge in [0, 0.05) is 17.7 Å². The lowest BCUT2D eigenvalue weighted by Crippen LogP contribution is -2.57. The third-order valence-electron chi connectivity index (χ3n) is 2.95. The zero-order valence-electron chi connectivity index (χ0n) is 7.26. The summed E-state index contributed by atoms with van der Waals surface area (Å²) < 4.78 is 0. The molecule has 1 saturated carbocycles. The Hall–Kier alpha value is -0.860. The Bertz CT molecular complexity index is 231. The van der Waals surface area contributed by atoms with Crippen molar-refractivity contribution in [2.45, 2.75) is 32.2 Å². The van der Waals surface area contributed by atoms with E-state index in [1.54, 1.807) is 6.92 Å². The molecule has 2 saturated heterocycles. The first-order valence-electron chi connectivity index (χ1n) is 4.51. The molecule has 2 bridgehead atoms. The van der Waals surface area contributed by atoms with Crippen molar-refractivity contribution in [3.8, 4) is 0 Å². The normalized spacial score (nSPS) is 38.4. The van der Waals surface area contributed by atoms with Gasteiger partial charge in [-0.3, -0.25) is 4.79 Å². The van der Waals surface area contributed by atoms with Gasteiger partial charge in [-0.2, -0.15) is 0 Å². The monoisotopic (exact) mass is 166 g/mol. The number of hydrogen-bond acceptors (Lipinski definition) is 2. The zero-order chi connectivity index (χ0) is 8.72. The number of hydrogen-bond donors (Lipinski definition) is 2. The smallest absolute Gasteiger partial charge is 0.223 e. The van der Waals surface area contributed by atoms with Gasteiger partial charge in [-0.15, -0.1) is 0 Å². The highest BCUT2D eigenvalue weighted by molar-refractivity contribution is 5.88. The highest BCUT2D eigenvalue weighted by Crippen LogP contribution is 2.40. The number of amides is 1. The molecule has 2 aliphatic heterocycles.